The molecule has 0 radical (unpaired) electrons. The lowest BCUT2D eigenvalue weighted by molar-refractivity contribution is 0.241. The van der Waals surface area contributed by atoms with E-state index in [1.54, 1.807) is 0 Å². The van der Waals surface area contributed by atoms with Crippen LogP contribution >= 0.6 is 0 Å². The van der Waals surface area contributed by atoms with Crippen LogP contribution in [0.5, 0.6) is 0 Å². The highest BCUT2D eigenvalue weighted by molar-refractivity contribution is 5.79. The average Bonchev–Trinajstić information content (AvgIpc) is 2.37. The molecule has 4 amide bonds. The molecule has 0 bridgehead atoms. The quantitative estimate of drug-likeness (QED) is 0.516. The zero-order valence-corrected chi connectivity index (χ0v) is 11.4. The summed E-state index contributed by atoms with van der Waals surface area (Å²) < 4.78 is 0. The maximum Gasteiger partial charge on any atom is 0.359 e. The molecule has 0 atom stereocenters. The molecule has 18 heavy (non-hydrogen) atoms. The molecule has 2 N–H and O–H groups in total. The van der Waals surface area contributed by atoms with Crippen molar-refractivity contribution in [3.8, 4) is 0 Å². The summed E-state index contributed by atoms with van der Waals surface area (Å²) in [5.74, 6) is 0. The van der Waals surface area contributed by atoms with Crippen LogP contribution in [0, 0.1) is 0 Å². The lowest BCUT2D eigenvalue weighted by atomic mass is 10.2. The lowest BCUT2D eigenvalue weighted by Crippen LogP contribution is -2.23. The SMILES string of the molecule is CCCCCNC(=O)N=NC(=O)NCCCCC. The third-order valence-corrected chi connectivity index (χ3v) is 2.34. The van der Waals surface area contributed by atoms with Gasteiger partial charge in [-0.3, -0.25) is 0 Å². The Morgan fingerprint density at radius 1 is 0.778 bits per heavy atom. The minimum Gasteiger partial charge on any atom is -0.335 e. The van der Waals surface area contributed by atoms with E-state index < -0.39 is 12.1 Å². The third-order valence-electron chi connectivity index (χ3n) is 2.34. The Hall–Kier alpha value is -1.46. The van der Waals surface area contributed by atoms with Gasteiger partial charge in [-0.2, -0.15) is 0 Å². The summed E-state index contributed by atoms with van der Waals surface area (Å²) >= 11 is 0. The molecule has 0 fully saturated rings. The Morgan fingerprint density at radius 2 is 1.17 bits per heavy atom. The first kappa shape index (κ1) is 16.5. The smallest absolute Gasteiger partial charge is 0.335 e. The summed E-state index contributed by atoms with van der Waals surface area (Å²) in [5.41, 5.74) is 0. The minimum absolute atomic E-state index is 0.560. The van der Waals surface area contributed by atoms with Gasteiger partial charge in [0.2, 0.25) is 0 Å². The molecule has 104 valence electrons. The molecule has 6 heteroatoms. The van der Waals surface area contributed by atoms with Crippen LogP contribution in [0.4, 0.5) is 9.59 Å². The number of rotatable bonds is 8. The van der Waals surface area contributed by atoms with E-state index in [1.807, 2.05) is 0 Å². The van der Waals surface area contributed by atoms with Crippen molar-refractivity contribution >= 4 is 12.1 Å². The molecule has 0 heterocycles. The van der Waals surface area contributed by atoms with Gasteiger partial charge < -0.3 is 10.6 Å². The van der Waals surface area contributed by atoms with Crippen LogP contribution in [-0.2, 0) is 0 Å². The van der Waals surface area contributed by atoms with Crippen LogP contribution in [-0.4, -0.2) is 25.2 Å². The first-order valence-electron chi connectivity index (χ1n) is 6.68. The van der Waals surface area contributed by atoms with Crippen molar-refractivity contribution in [2.24, 2.45) is 10.2 Å². The largest absolute Gasteiger partial charge is 0.359 e. The molecule has 6 nitrogen and oxygen atoms in total. The van der Waals surface area contributed by atoms with Crippen molar-refractivity contribution in [1.82, 2.24) is 10.6 Å². The molecule has 0 saturated heterocycles. The fraction of sp³-hybridized carbons (Fsp3) is 0.833. The van der Waals surface area contributed by atoms with Crippen LogP contribution < -0.4 is 10.6 Å². The molecule has 0 rings (SSSR count). The Bertz CT molecular complexity index is 241. The molecule has 0 aliphatic rings. The standard InChI is InChI=1S/C12H24N4O2/c1-3-5-7-9-13-11(17)15-16-12(18)14-10-8-6-4-2/h3-10H2,1-2H3,(H,13,17)(H,14,18). The molecular formula is C12H24N4O2. The highest BCUT2D eigenvalue weighted by Gasteiger charge is 2.00. The lowest BCUT2D eigenvalue weighted by Gasteiger charge is -2.00. The van der Waals surface area contributed by atoms with Crippen LogP contribution in [0.1, 0.15) is 52.4 Å². The van der Waals surface area contributed by atoms with Gasteiger partial charge in [0, 0.05) is 13.1 Å². The zero-order chi connectivity index (χ0) is 13.6. The Kier molecular flexibility index (Phi) is 11.0. The first-order valence-corrected chi connectivity index (χ1v) is 6.68. The molecule has 0 aliphatic heterocycles. The number of hydrogen-bond acceptors (Lipinski definition) is 2. The summed E-state index contributed by atoms with van der Waals surface area (Å²) in [6.45, 7) is 5.32. The van der Waals surface area contributed by atoms with Crippen molar-refractivity contribution < 1.29 is 9.59 Å². The van der Waals surface area contributed by atoms with Gasteiger partial charge in [0.25, 0.3) is 0 Å². The summed E-state index contributed by atoms with van der Waals surface area (Å²) in [6, 6.07) is -1.12. The maximum absolute atomic E-state index is 11.1. The molecule has 0 saturated carbocycles. The Morgan fingerprint density at radius 3 is 1.50 bits per heavy atom. The van der Waals surface area contributed by atoms with E-state index in [1.165, 1.54) is 0 Å². The Balaban J connectivity index is 3.58. The normalized spacial score (nSPS) is 10.6. The second-order valence-corrected chi connectivity index (χ2v) is 4.08. The number of amides is 4. The second-order valence-electron chi connectivity index (χ2n) is 4.08. The summed E-state index contributed by atoms with van der Waals surface area (Å²) in [5, 5.41) is 11.7. The number of unbranched alkanes of at least 4 members (excludes halogenated alkanes) is 4. The fourth-order valence-corrected chi connectivity index (χ4v) is 1.30. The fourth-order valence-electron chi connectivity index (χ4n) is 1.30. The molecule has 0 aromatic carbocycles. The number of nitrogens with zero attached hydrogens (tertiary/aromatic N) is 2. The van der Waals surface area contributed by atoms with Crippen molar-refractivity contribution in [3.63, 3.8) is 0 Å². The van der Waals surface area contributed by atoms with E-state index in [2.05, 4.69) is 34.7 Å². The highest BCUT2D eigenvalue weighted by atomic mass is 16.2. The molecular weight excluding hydrogens is 232 g/mol. The first-order chi connectivity index (χ1) is 8.70. The topological polar surface area (TPSA) is 82.9 Å². The van der Waals surface area contributed by atoms with Crippen LogP contribution in [0.2, 0.25) is 0 Å². The number of urea groups is 2. The van der Waals surface area contributed by atoms with Gasteiger partial charge in [-0.15, -0.1) is 0 Å². The van der Waals surface area contributed by atoms with E-state index in [0.29, 0.717) is 13.1 Å². The number of nitrogens with one attached hydrogen (secondary N) is 2. The third kappa shape index (κ3) is 11.0. The monoisotopic (exact) mass is 256 g/mol. The average molecular weight is 256 g/mol. The van der Waals surface area contributed by atoms with E-state index in [-0.39, 0.29) is 0 Å². The number of azo groups is 1. The van der Waals surface area contributed by atoms with Crippen molar-refractivity contribution in [2.75, 3.05) is 13.1 Å². The highest BCUT2D eigenvalue weighted by Crippen LogP contribution is 1.92. The van der Waals surface area contributed by atoms with E-state index >= 15 is 0 Å². The van der Waals surface area contributed by atoms with Gasteiger partial charge in [0.05, 0.1) is 0 Å². The van der Waals surface area contributed by atoms with E-state index in [9.17, 15) is 9.59 Å². The number of carbonyl (C=O) groups is 2. The molecule has 0 aromatic heterocycles. The summed E-state index contributed by atoms with van der Waals surface area (Å²) in [6.07, 6.45) is 6.15. The van der Waals surface area contributed by atoms with Crippen LogP contribution in [0.15, 0.2) is 10.2 Å². The summed E-state index contributed by atoms with van der Waals surface area (Å²) in [7, 11) is 0. The van der Waals surface area contributed by atoms with Gasteiger partial charge in [-0.05, 0) is 12.8 Å². The molecule has 0 spiro atoms. The molecule has 0 unspecified atom stereocenters. The zero-order valence-electron chi connectivity index (χ0n) is 11.4. The van der Waals surface area contributed by atoms with E-state index in [0.717, 1.165) is 38.5 Å². The minimum atomic E-state index is -0.560. The number of carbonyl (C=O) groups excluding carboxylic acids is 2. The van der Waals surface area contributed by atoms with Crippen molar-refractivity contribution in [1.29, 1.82) is 0 Å². The molecule has 0 aromatic rings. The van der Waals surface area contributed by atoms with Crippen molar-refractivity contribution in [3.05, 3.63) is 0 Å². The predicted octanol–water partition coefficient (Wildman–Crippen LogP) is 3.24. The van der Waals surface area contributed by atoms with Gasteiger partial charge in [-0.1, -0.05) is 49.8 Å². The summed E-state index contributed by atoms with van der Waals surface area (Å²) in [4.78, 5) is 22.3. The van der Waals surface area contributed by atoms with Gasteiger partial charge in [0.15, 0.2) is 0 Å². The predicted molar refractivity (Wildman–Crippen MR) is 70.7 cm³/mol. The van der Waals surface area contributed by atoms with Crippen molar-refractivity contribution in [2.45, 2.75) is 52.4 Å². The molecule has 0 aliphatic carbocycles. The second kappa shape index (κ2) is 12.0. The van der Waals surface area contributed by atoms with Gasteiger partial charge >= 0.3 is 12.1 Å². The van der Waals surface area contributed by atoms with E-state index in [4.69, 9.17) is 0 Å². The van der Waals surface area contributed by atoms with Crippen LogP contribution in [0.3, 0.4) is 0 Å². The van der Waals surface area contributed by atoms with Gasteiger partial charge in [0.1, 0.15) is 0 Å². The number of hydrogen-bond donors (Lipinski definition) is 2. The Labute approximate surface area is 109 Å². The van der Waals surface area contributed by atoms with Crippen LogP contribution in [0.25, 0.3) is 0 Å². The van der Waals surface area contributed by atoms with Gasteiger partial charge in [-0.25, -0.2) is 9.59 Å². The maximum atomic E-state index is 11.1.